The number of carbonyl (C=O) groups is 2. The molecule has 1 saturated carbocycles. The van der Waals surface area contributed by atoms with Crippen LogP contribution < -0.4 is 20.1 Å². The molecule has 2 atom stereocenters. The summed E-state index contributed by atoms with van der Waals surface area (Å²) in [6, 6.07) is 7.36. The Morgan fingerprint density at radius 1 is 1.13 bits per heavy atom. The third-order valence-electron chi connectivity index (χ3n) is 3.62. The van der Waals surface area contributed by atoms with E-state index in [4.69, 9.17) is 9.47 Å². The molecule has 2 unspecified atom stereocenters. The minimum Gasteiger partial charge on any atom is -0.497 e. The van der Waals surface area contributed by atoms with Gasteiger partial charge < -0.3 is 20.1 Å². The molecule has 1 aliphatic carbocycles. The Bertz CT molecular complexity index is 542. The molecule has 1 aromatic rings. The largest absolute Gasteiger partial charge is 0.497 e. The molecule has 0 bridgehead atoms. The predicted octanol–water partition coefficient (Wildman–Crippen LogP) is 1.35. The molecule has 1 fully saturated rings. The number of benzene rings is 1. The van der Waals surface area contributed by atoms with Crippen LogP contribution in [0.5, 0.6) is 11.5 Å². The molecular weight excluding hydrogens is 296 g/mol. The Labute approximate surface area is 136 Å². The van der Waals surface area contributed by atoms with Crippen LogP contribution in [0.4, 0.5) is 0 Å². The molecule has 1 aromatic carbocycles. The van der Waals surface area contributed by atoms with Crippen LogP contribution in [0.3, 0.4) is 0 Å². The Hall–Kier alpha value is -2.24. The zero-order valence-corrected chi connectivity index (χ0v) is 13.8. The van der Waals surface area contributed by atoms with Gasteiger partial charge in [-0.3, -0.25) is 9.59 Å². The van der Waals surface area contributed by atoms with Crippen molar-refractivity contribution >= 4 is 11.8 Å². The van der Waals surface area contributed by atoms with E-state index in [2.05, 4.69) is 10.6 Å². The van der Waals surface area contributed by atoms with Crippen molar-refractivity contribution in [2.24, 2.45) is 11.8 Å². The number of amides is 2. The number of ether oxygens (including phenoxy) is 2. The number of methoxy groups -OCH3 is 1. The number of nitrogens with one attached hydrogen (secondary N) is 2. The lowest BCUT2D eigenvalue weighted by molar-refractivity contribution is -0.127. The molecule has 1 aliphatic rings. The minimum absolute atomic E-state index is 0.0327. The quantitative estimate of drug-likeness (QED) is 0.709. The zero-order chi connectivity index (χ0) is 16.8. The average molecular weight is 320 g/mol. The molecule has 23 heavy (non-hydrogen) atoms. The molecule has 0 radical (unpaired) electrons. The fourth-order valence-electron chi connectivity index (χ4n) is 2.31. The van der Waals surface area contributed by atoms with Gasteiger partial charge in [-0.2, -0.15) is 0 Å². The van der Waals surface area contributed by atoms with E-state index in [1.54, 1.807) is 7.11 Å². The number of hydrogen-bond donors (Lipinski definition) is 2. The van der Waals surface area contributed by atoms with Crippen molar-refractivity contribution in [3.63, 3.8) is 0 Å². The van der Waals surface area contributed by atoms with E-state index >= 15 is 0 Å². The van der Waals surface area contributed by atoms with Gasteiger partial charge in [-0.05, 0) is 44.5 Å². The summed E-state index contributed by atoms with van der Waals surface area (Å²) in [5.41, 5.74) is 0. The van der Waals surface area contributed by atoms with Crippen LogP contribution in [0.15, 0.2) is 24.3 Å². The summed E-state index contributed by atoms with van der Waals surface area (Å²) in [6.45, 7) is 4.62. The molecule has 6 heteroatoms. The fourth-order valence-corrected chi connectivity index (χ4v) is 2.31. The van der Waals surface area contributed by atoms with Crippen molar-refractivity contribution in [2.45, 2.75) is 26.3 Å². The molecule has 0 saturated heterocycles. The van der Waals surface area contributed by atoms with Crippen LogP contribution in [-0.2, 0) is 9.59 Å². The van der Waals surface area contributed by atoms with Gasteiger partial charge in [0.25, 0.3) is 0 Å². The van der Waals surface area contributed by atoms with Gasteiger partial charge in [0, 0.05) is 6.04 Å². The molecule has 2 rings (SSSR count). The first kappa shape index (κ1) is 17.1. The Balaban J connectivity index is 1.63. The van der Waals surface area contributed by atoms with E-state index in [9.17, 15) is 9.59 Å². The van der Waals surface area contributed by atoms with Gasteiger partial charge >= 0.3 is 0 Å². The minimum atomic E-state index is -0.199. The molecule has 0 spiro atoms. The summed E-state index contributed by atoms with van der Waals surface area (Å²) in [5, 5.41) is 5.64. The Kier molecular flexibility index (Phi) is 5.84. The van der Waals surface area contributed by atoms with Crippen molar-refractivity contribution in [1.29, 1.82) is 0 Å². The van der Waals surface area contributed by atoms with Gasteiger partial charge in [0.15, 0.2) is 0 Å². The molecule has 2 amide bonds. The molecule has 2 N–H and O–H groups in total. The van der Waals surface area contributed by atoms with E-state index in [0.29, 0.717) is 19.6 Å². The second-order valence-electron chi connectivity index (χ2n) is 5.93. The number of hydrogen-bond acceptors (Lipinski definition) is 4. The number of rotatable bonds is 8. The van der Waals surface area contributed by atoms with Crippen LogP contribution in [-0.4, -0.2) is 38.1 Å². The number of carbonyl (C=O) groups excluding carboxylic acids is 2. The zero-order valence-electron chi connectivity index (χ0n) is 13.8. The third-order valence-corrected chi connectivity index (χ3v) is 3.62. The summed E-state index contributed by atoms with van der Waals surface area (Å²) in [4.78, 5) is 23.7. The van der Waals surface area contributed by atoms with Gasteiger partial charge in [-0.15, -0.1) is 0 Å². The van der Waals surface area contributed by atoms with Gasteiger partial charge in [0.05, 0.1) is 25.5 Å². The van der Waals surface area contributed by atoms with Crippen molar-refractivity contribution in [3.8, 4) is 11.5 Å². The highest BCUT2D eigenvalue weighted by molar-refractivity contribution is 5.92. The molecule has 6 nitrogen and oxygen atoms in total. The van der Waals surface area contributed by atoms with E-state index < -0.39 is 0 Å². The first-order valence-electron chi connectivity index (χ1n) is 7.86. The lowest BCUT2D eigenvalue weighted by atomic mass is 10.2. The van der Waals surface area contributed by atoms with E-state index in [-0.39, 0.29) is 29.7 Å². The average Bonchev–Trinajstić information content (AvgIpc) is 3.32. The topological polar surface area (TPSA) is 76.7 Å². The van der Waals surface area contributed by atoms with Gasteiger partial charge in [-0.1, -0.05) is 0 Å². The maximum Gasteiger partial charge on any atom is 0.224 e. The lowest BCUT2D eigenvalue weighted by Crippen LogP contribution is -2.34. The summed E-state index contributed by atoms with van der Waals surface area (Å²) in [7, 11) is 1.61. The van der Waals surface area contributed by atoms with Crippen molar-refractivity contribution < 1.29 is 19.1 Å². The van der Waals surface area contributed by atoms with E-state index in [1.807, 2.05) is 38.1 Å². The second kappa shape index (κ2) is 7.85. The predicted molar refractivity (Wildman–Crippen MR) is 86.4 cm³/mol. The van der Waals surface area contributed by atoms with Gasteiger partial charge in [-0.25, -0.2) is 0 Å². The smallest absolute Gasteiger partial charge is 0.224 e. The van der Waals surface area contributed by atoms with E-state index in [1.165, 1.54) is 0 Å². The molecule has 0 aliphatic heterocycles. The summed E-state index contributed by atoms with van der Waals surface area (Å²) >= 11 is 0. The lowest BCUT2D eigenvalue weighted by Gasteiger charge is -2.09. The van der Waals surface area contributed by atoms with Crippen LogP contribution >= 0.6 is 0 Å². The Morgan fingerprint density at radius 2 is 1.74 bits per heavy atom. The first-order chi connectivity index (χ1) is 11.0. The highest BCUT2D eigenvalue weighted by Gasteiger charge is 2.47. The second-order valence-corrected chi connectivity index (χ2v) is 5.93. The molecular formula is C17H24N2O4. The highest BCUT2D eigenvalue weighted by atomic mass is 16.5. The fraction of sp³-hybridized carbons (Fsp3) is 0.529. The Morgan fingerprint density at radius 3 is 2.35 bits per heavy atom. The molecule has 0 aromatic heterocycles. The highest BCUT2D eigenvalue weighted by Crippen LogP contribution is 2.38. The molecule has 126 valence electrons. The summed E-state index contributed by atoms with van der Waals surface area (Å²) < 4.78 is 10.6. The summed E-state index contributed by atoms with van der Waals surface area (Å²) in [6.07, 6.45) is 0.629. The van der Waals surface area contributed by atoms with E-state index in [0.717, 1.165) is 11.5 Å². The van der Waals surface area contributed by atoms with Crippen LogP contribution in [0.25, 0.3) is 0 Å². The van der Waals surface area contributed by atoms with Gasteiger partial charge in [0.2, 0.25) is 11.8 Å². The van der Waals surface area contributed by atoms with Crippen LogP contribution in [0, 0.1) is 11.8 Å². The third kappa shape index (κ3) is 5.16. The van der Waals surface area contributed by atoms with Crippen molar-refractivity contribution in [2.75, 3.05) is 20.3 Å². The monoisotopic (exact) mass is 320 g/mol. The standard InChI is InChI=1S/C17H24N2O4/c1-11(2)19-17(21)15-10-14(15)16(20)18-8-9-23-13-6-4-12(22-3)5-7-13/h4-7,11,14-15H,8-10H2,1-3H3,(H,18,20)(H,19,21). The van der Waals surface area contributed by atoms with Gasteiger partial charge in [0.1, 0.15) is 18.1 Å². The van der Waals surface area contributed by atoms with Crippen molar-refractivity contribution in [3.05, 3.63) is 24.3 Å². The summed E-state index contributed by atoms with van der Waals surface area (Å²) in [5.74, 6) is 1.00. The van der Waals surface area contributed by atoms with Crippen LogP contribution in [0.2, 0.25) is 0 Å². The SMILES string of the molecule is COc1ccc(OCCNC(=O)C2CC2C(=O)NC(C)C)cc1. The van der Waals surface area contributed by atoms with Crippen molar-refractivity contribution in [1.82, 2.24) is 10.6 Å². The maximum atomic E-state index is 11.9. The normalized spacial score (nSPS) is 19.1. The maximum absolute atomic E-state index is 11.9. The van der Waals surface area contributed by atoms with Crippen LogP contribution in [0.1, 0.15) is 20.3 Å². The molecule has 0 heterocycles. The first-order valence-corrected chi connectivity index (χ1v) is 7.86.